The lowest BCUT2D eigenvalue weighted by atomic mass is 9.97. The van der Waals surface area contributed by atoms with Crippen molar-refractivity contribution < 1.29 is 9.53 Å². The standard InChI is InChI=1S/C47H36Cl3N3O2/c1-47(2,3)55-46(54)53-43-29-37(23-25-39(43)31-13-10-15-33(48)27-31)51(35-17-6-4-7-18-35)41-21-12-22-42(45(41)50)52(36-19-8-5-9-20-36)38-24-26-40(44(53)30-38)32-14-11-16-34(49)28-32/h4-30H,1-3H3. The van der Waals surface area contributed by atoms with Crippen LogP contribution in [0, 0.1) is 0 Å². The molecule has 0 aromatic heterocycles. The van der Waals surface area contributed by atoms with Crippen molar-refractivity contribution in [3.8, 4) is 22.3 Å². The van der Waals surface area contributed by atoms with Crippen LogP contribution in [-0.4, -0.2) is 11.7 Å². The Labute approximate surface area is 336 Å². The van der Waals surface area contributed by atoms with E-state index >= 15 is 4.79 Å². The fourth-order valence-electron chi connectivity index (χ4n) is 6.98. The Morgan fingerprint density at radius 3 is 1.33 bits per heavy atom. The van der Waals surface area contributed by atoms with Crippen LogP contribution < -0.4 is 14.7 Å². The van der Waals surface area contributed by atoms with E-state index in [1.54, 1.807) is 4.90 Å². The first-order valence-electron chi connectivity index (χ1n) is 17.9. The minimum absolute atomic E-state index is 0.542. The molecule has 6 bridgehead atoms. The summed E-state index contributed by atoms with van der Waals surface area (Å²) in [5.41, 5.74) is 8.35. The van der Waals surface area contributed by atoms with Gasteiger partial charge in [0.05, 0.1) is 27.8 Å². The van der Waals surface area contributed by atoms with Crippen LogP contribution in [0.3, 0.4) is 0 Å². The van der Waals surface area contributed by atoms with Crippen LogP contribution in [0.2, 0.25) is 15.1 Å². The first-order chi connectivity index (χ1) is 26.6. The molecule has 5 nitrogen and oxygen atoms in total. The van der Waals surface area contributed by atoms with Crippen molar-refractivity contribution in [2.75, 3.05) is 14.7 Å². The average molecular weight is 781 g/mol. The van der Waals surface area contributed by atoms with Gasteiger partial charge in [0.25, 0.3) is 0 Å². The van der Waals surface area contributed by atoms with Crippen LogP contribution in [0.5, 0.6) is 0 Å². The lowest BCUT2D eigenvalue weighted by Crippen LogP contribution is -2.34. The van der Waals surface area contributed by atoms with E-state index in [1.807, 2.05) is 185 Å². The summed E-state index contributed by atoms with van der Waals surface area (Å²) in [5.74, 6) is 0. The van der Waals surface area contributed by atoms with Gasteiger partial charge in [0.1, 0.15) is 5.60 Å². The third kappa shape index (κ3) is 7.27. The molecule has 0 saturated heterocycles. The number of nitrogens with zero attached hydrogens (tertiary/aromatic N) is 3. The maximum atomic E-state index is 15.1. The highest BCUT2D eigenvalue weighted by Gasteiger charge is 2.32. The third-order valence-electron chi connectivity index (χ3n) is 9.28. The number of rotatable bonds is 4. The van der Waals surface area contributed by atoms with Crippen molar-refractivity contribution in [1.82, 2.24) is 0 Å². The molecule has 0 atom stereocenters. The van der Waals surface area contributed by atoms with Crippen LogP contribution in [0.4, 0.5) is 50.3 Å². The van der Waals surface area contributed by atoms with Gasteiger partial charge in [0, 0.05) is 43.9 Å². The van der Waals surface area contributed by atoms with E-state index in [0.717, 1.165) is 56.4 Å². The number of ether oxygens (including phenoxy) is 1. The summed E-state index contributed by atoms with van der Waals surface area (Å²) in [7, 11) is 0. The summed E-state index contributed by atoms with van der Waals surface area (Å²) < 4.78 is 6.29. The molecule has 7 aromatic rings. The molecule has 0 unspecified atom stereocenters. The lowest BCUT2D eigenvalue weighted by Gasteiger charge is -2.35. The highest BCUT2D eigenvalue weighted by molar-refractivity contribution is 6.37. The minimum atomic E-state index is -0.820. The zero-order chi connectivity index (χ0) is 38.3. The van der Waals surface area contributed by atoms with Crippen LogP contribution in [0.15, 0.2) is 164 Å². The van der Waals surface area contributed by atoms with E-state index in [1.165, 1.54) is 0 Å². The average Bonchev–Trinajstić information content (AvgIpc) is 3.16. The fraction of sp³-hybridized carbons (Fsp3) is 0.0851. The van der Waals surface area contributed by atoms with Crippen LogP contribution in [0.1, 0.15) is 20.8 Å². The highest BCUT2D eigenvalue weighted by Crippen LogP contribution is 2.51. The Bertz CT molecular complexity index is 2380. The Morgan fingerprint density at radius 2 is 0.909 bits per heavy atom. The van der Waals surface area contributed by atoms with Crippen LogP contribution >= 0.6 is 34.8 Å². The Kier molecular flexibility index (Phi) is 9.79. The van der Waals surface area contributed by atoms with E-state index in [-0.39, 0.29) is 0 Å². The molecule has 7 aromatic carbocycles. The van der Waals surface area contributed by atoms with Crippen molar-refractivity contribution in [3.05, 3.63) is 179 Å². The van der Waals surface area contributed by atoms with Gasteiger partial charge in [-0.05, 0) is 117 Å². The highest BCUT2D eigenvalue weighted by atomic mass is 35.5. The van der Waals surface area contributed by atoms with E-state index in [0.29, 0.717) is 26.4 Å². The van der Waals surface area contributed by atoms with E-state index in [2.05, 4.69) is 9.80 Å². The van der Waals surface area contributed by atoms with E-state index in [9.17, 15) is 0 Å². The first kappa shape index (κ1) is 36.3. The van der Waals surface area contributed by atoms with Crippen molar-refractivity contribution in [2.24, 2.45) is 0 Å². The smallest absolute Gasteiger partial charge is 0.419 e. The number of benzene rings is 7. The minimum Gasteiger partial charge on any atom is -0.443 e. The summed E-state index contributed by atoms with van der Waals surface area (Å²) in [6.07, 6.45) is -0.556. The Balaban J connectivity index is 1.55. The van der Waals surface area contributed by atoms with Gasteiger partial charge in [-0.25, -0.2) is 9.69 Å². The van der Waals surface area contributed by atoms with E-state index in [4.69, 9.17) is 39.5 Å². The summed E-state index contributed by atoms with van der Waals surface area (Å²) in [4.78, 5) is 21.0. The van der Waals surface area contributed by atoms with Crippen molar-refractivity contribution in [2.45, 2.75) is 26.4 Å². The zero-order valence-corrected chi connectivity index (χ0v) is 32.6. The Hall–Kier alpha value is -5.72. The fourth-order valence-corrected chi connectivity index (χ4v) is 7.66. The molecule has 1 aliphatic heterocycles. The number of para-hydroxylation sites is 2. The quantitative estimate of drug-likeness (QED) is 0.178. The van der Waals surface area contributed by atoms with E-state index < -0.39 is 11.7 Å². The van der Waals surface area contributed by atoms with Crippen molar-refractivity contribution in [1.29, 1.82) is 0 Å². The topological polar surface area (TPSA) is 36.0 Å². The number of amides is 1. The first-order valence-corrected chi connectivity index (χ1v) is 19.0. The van der Waals surface area contributed by atoms with Gasteiger partial charge in [-0.3, -0.25) is 0 Å². The third-order valence-corrected chi connectivity index (χ3v) is 10.1. The van der Waals surface area contributed by atoms with Gasteiger partial charge in [-0.15, -0.1) is 0 Å². The molecule has 0 aliphatic carbocycles. The molecule has 0 spiro atoms. The molecule has 272 valence electrons. The molecule has 55 heavy (non-hydrogen) atoms. The molecule has 8 rings (SSSR count). The van der Waals surface area contributed by atoms with Crippen LogP contribution in [0.25, 0.3) is 22.3 Å². The van der Waals surface area contributed by atoms with Gasteiger partial charge in [-0.1, -0.05) is 114 Å². The lowest BCUT2D eigenvalue weighted by molar-refractivity contribution is 0.0599. The van der Waals surface area contributed by atoms with Crippen molar-refractivity contribution in [3.63, 3.8) is 0 Å². The maximum absolute atomic E-state index is 15.1. The zero-order valence-electron chi connectivity index (χ0n) is 30.4. The molecule has 1 heterocycles. The van der Waals surface area contributed by atoms with Gasteiger partial charge < -0.3 is 14.5 Å². The molecule has 8 heteroatoms. The number of fused-ring (bicyclic) bond motifs is 6. The second-order valence-electron chi connectivity index (χ2n) is 14.2. The van der Waals surface area contributed by atoms with Gasteiger partial charge in [0.2, 0.25) is 0 Å². The molecule has 0 saturated carbocycles. The number of carbonyl (C=O) groups is 1. The summed E-state index contributed by atoms with van der Waals surface area (Å²) in [6, 6.07) is 53.6. The van der Waals surface area contributed by atoms with Crippen molar-refractivity contribution >= 4 is 86.4 Å². The monoisotopic (exact) mass is 779 g/mol. The number of halogens is 3. The van der Waals surface area contributed by atoms with Gasteiger partial charge in [0.15, 0.2) is 0 Å². The predicted octanol–water partition coefficient (Wildman–Crippen LogP) is 15.3. The van der Waals surface area contributed by atoms with Gasteiger partial charge >= 0.3 is 6.09 Å². The SMILES string of the molecule is CC(C)(C)OC(=O)N1c2cc(ccc2-c2cccc(Cl)c2)N(c2ccccc2)c2cccc(c2Cl)N(c2ccccc2)c2ccc(-c3cccc(Cl)c3)c1c2. The molecular formula is C47H36Cl3N3O2. The normalized spacial score (nSPS) is 12.5. The predicted molar refractivity (Wildman–Crippen MR) is 230 cm³/mol. The molecule has 0 N–H and O–H groups in total. The number of anilines is 8. The largest absolute Gasteiger partial charge is 0.443 e. The molecular weight excluding hydrogens is 745 g/mol. The number of hydrogen-bond donors (Lipinski definition) is 0. The molecule has 1 aliphatic rings. The molecule has 0 fully saturated rings. The number of hydrogen-bond acceptors (Lipinski definition) is 4. The summed E-state index contributed by atoms with van der Waals surface area (Å²) in [6.45, 7) is 5.60. The second-order valence-corrected chi connectivity index (χ2v) is 15.4. The molecule has 1 amide bonds. The summed E-state index contributed by atoms with van der Waals surface area (Å²) >= 11 is 20.9. The maximum Gasteiger partial charge on any atom is 0.419 e. The number of carbonyl (C=O) groups excluding carboxylic acids is 1. The Morgan fingerprint density at radius 1 is 0.473 bits per heavy atom. The molecule has 0 radical (unpaired) electrons. The van der Waals surface area contributed by atoms with Crippen LogP contribution in [-0.2, 0) is 4.74 Å². The summed E-state index contributed by atoms with van der Waals surface area (Å²) in [5, 5.41) is 1.68. The van der Waals surface area contributed by atoms with Gasteiger partial charge in [-0.2, -0.15) is 0 Å². The second kappa shape index (κ2) is 14.8.